The maximum Gasteiger partial charge on any atom is 0.307 e. The first-order valence-corrected chi connectivity index (χ1v) is 7.33. The summed E-state index contributed by atoms with van der Waals surface area (Å²) in [7, 11) is -3.65. The lowest BCUT2D eigenvalue weighted by Gasteiger charge is -2.28. The number of aliphatic carboxylic acids is 1. The van der Waals surface area contributed by atoms with Crippen LogP contribution in [0.5, 0.6) is 0 Å². The number of pyridine rings is 1. The molecule has 7 nitrogen and oxygen atoms in total. The molecular weight excluding hydrogens is 270 g/mol. The quantitative estimate of drug-likeness (QED) is 0.683. The van der Waals surface area contributed by atoms with Gasteiger partial charge in [-0.2, -0.15) is 0 Å². The lowest BCUT2D eigenvalue weighted by atomic mass is 9.97. The van der Waals surface area contributed by atoms with E-state index in [4.69, 9.17) is 5.11 Å². The molecular formula is C11H15N3O4S. The molecule has 8 heteroatoms. The van der Waals surface area contributed by atoms with Gasteiger partial charge < -0.3 is 10.4 Å². The van der Waals surface area contributed by atoms with E-state index in [9.17, 15) is 13.2 Å². The summed E-state index contributed by atoms with van der Waals surface area (Å²) in [5, 5.41) is 11.9. The fraction of sp³-hybridized carbons (Fsp3) is 0.455. The van der Waals surface area contributed by atoms with Gasteiger partial charge in [0, 0.05) is 31.5 Å². The second kappa shape index (κ2) is 5.64. The van der Waals surface area contributed by atoms with Crippen molar-refractivity contribution < 1.29 is 18.3 Å². The SMILES string of the molecule is O=C(O)C1CNCC(NS(=O)(=O)c2cccnc2)C1. The van der Waals surface area contributed by atoms with Crippen molar-refractivity contribution in [3.8, 4) is 0 Å². The Morgan fingerprint density at radius 2 is 2.26 bits per heavy atom. The van der Waals surface area contributed by atoms with Crippen molar-refractivity contribution in [2.75, 3.05) is 13.1 Å². The smallest absolute Gasteiger partial charge is 0.307 e. The van der Waals surface area contributed by atoms with Crippen molar-refractivity contribution in [3.05, 3.63) is 24.5 Å². The highest BCUT2D eigenvalue weighted by Crippen LogP contribution is 2.14. The number of carbonyl (C=O) groups is 1. The normalized spacial score (nSPS) is 24.0. The molecule has 2 unspecified atom stereocenters. The predicted molar refractivity (Wildman–Crippen MR) is 67.0 cm³/mol. The molecule has 0 aliphatic carbocycles. The molecule has 2 heterocycles. The van der Waals surface area contributed by atoms with E-state index in [1.54, 1.807) is 0 Å². The molecule has 2 atom stereocenters. The molecule has 0 radical (unpaired) electrons. The number of sulfonamides is 1. The summed E-state index contributed by atoms with van der Waals surface area (Å²) in [6.45, 7) is 0.781. The molecule has 1 fully saturated rings. The molecule has 2 rings (SSSR count). The van der Waals surface area contributed by atoms with Crippen LogP contribution in [0.4, 0.5) is 0 Å². The van der Waals surface area contributed by atoms with E-state index in [-0.39, 0.29) is 11.3 Å². The first-order chi connectivity index (χ1) is 8.99. The van der Waals surface area contributed by atoms with Crippen molar-refractivity contribution in [2.24, 2.45) is 5.92 Å². The Bertz CT molecular complexity index is 546. The largest absolute Gasteiger partial charge is 0.481 e. The second-order valence-corrected chi connectivity index (χ2v) is 6.15. The highest BCUT2D eigenvalue weighted by Gasteiger charge is 2.29. The first kappa shape index (κ1) is 13.9. The molecule has 104 valence electrons. The van der Waals surface area contributed by atoms with E-state index in [1.807, 2.05) is 0 Å². The van der Waals surface area contributed by atoms with Gasteiger partial charge in [-0.05, 0) is 18.6 Å². The van der Waals surface area contributed by atoms with E-state index < -0.39 is 28.0 Å². The van der Waals surface area contributed by atoms with Crippen molar-refractivity contribution in [1.29, 1.82) is 0 Å². The van der Waals surface area contributed by atoms with Crippen LogP contribution in [-0.4, -0.2) is 43.6 Å². The van der Waals surface area contributed by atoms with E-state index >= 15 is 0 Å². The van der Waals surface area contributed by atoms with Gasteiger partial charge in [-0.25, -0.2) is 13.1 Å². The number of carboxylic acids is 1. The molecule has 1 aromatic heterocycles. The summed E-state index contributed by atoms with van der Waals surface area (Å²) in [4.78, 5) is 14.7. The molecule has 1 aromatic rings. The summed E-state index contributed by atoms with van der Waals surface area (Å²) in [5.74, 6) is -1.49. The van der Waals surface area contributed by atoms with Crippen LogP contribution in [0.15, 0.2) is 29.4 Å². The van der Waals surface area contributed by atoms with Gasteiger partial charge in [0.15, 0.2) is 0 Å². The molecule has 0 bridgehead atoms. The zero-order valence-corrected chi connectivity index (χ0v) is 10.9. The van der Waals surface area contributed by atoms with Crippen molar-refractivity contribution in [3.63, 3.8) is 0 Å². The number of rotatable bonds is 4. The number of hydrogen-bond acceptors (Lipinski definition) is 5. The third-order valence-corrected chi connectivity index (χ3v) is 4.47. The Labute approximate surface area is 111 Å². The van der Waals surface area contributed by atoms with Gasteiger partial charge in [-0.15, -0.1) is 0 Å². The van der Waals surface area contributed by atoms with Crippen LogP contribution < -0.4 is 10.0 Å². The zero-order chi connectivity index (χ0) is 13.9. The maximum atomic E-state index is 12.1. The number of nitrogens with one attached hydrogen (secondary N) is 2. The molecule has 0 saturated carbocycles. The molecule has 0 amide bonds. The van der Waals surface area contributed by atoms with Gasteiger partial charge in [-0.3, -0.25) is 9.78 Å². The second-order valence-electron chi connectivity index (χ2n) is 4.44. The Morgan fingerprint density at radius 3 is 2.89 bits per heavy atom. The Kier molecular flexibility index (Phi) is 4.13. The van der Waals surface area contributed by atoms with E-state index in [1.165, 1.54) is 24.5 Å². The summed E-state index contributed by atoms with van der Waals surface area (Å²) in [6, 6.07) is 2.55. The van der Waals surface area contributed by atoms with Gasteiger partial charge in [0.25, 0.3) is 0 Å². The van der Waals surface area contributed by atoms with Crippen LogP contribution in [0.25, 0.3) is 0 Å². The van der Waals surface area contributed by atoms with Crippen molar-refractivity contribution in [2.45, 2.75) is 17.4 Å². The minimum Gasteiger partial charge on any atom is -0.481 e. The molecule has 1 aliphatic heterocycles. The first-order valence-electron chi connectivity index (χ1n) is 5.85. The van der Waals surface area contributed by atoms with Gasteiger partial charge >= 0.3 is 5.97 Å². The van der Waals surface area contributed by atoms with Crippen LogP contribution in [0, 0.1) is 5.92 Å². The van der Waals surface area contributed by atoms with E-state index in [0.717, 1.165) is 0 Å². The molecule has 0 aromatic carbocycles. The number of piperidine rings is 1. The van der Waals surface area contributed by atoms with Crippen molar-refractivity contribution >= 4 is 16.0 Å². The third-order valence-electron chi connectivity index (χ3n) is 2.97. The fourth-order valence-electron chi connectivity index (χ4n) is 2.01. The number of nitrogens with zero attached hydrogens (tertiary/aromatic N) is 1. The molecule has 19 heavy (non-hydrogen) atoms. The standard InChI is InChI=1S/C11H15N3O4S/c15-11(16)8-4-9(6-13-5-8)14-19(17,18)10-2-1-3-12-7-10/h1-3,7-9,13-14H,4-6H2,(H,15,16). The average molecular weight is 285 g/mol. The Balaban J connectivity index is 2.06. The highest BCUT2D eigenvalue weighted by molar-refractivity contribution is 7.89. The molecule has 1 saturated heterocycles. The van der Waals surface area contributed by atoms with Crippen LogP contribution in [-0.2, 0) is 14.8 Å². The molecule has 3 N–H and O–H groups in total. The Morgan fingerprint density at radius 1 is 1.47 bits per heavy atom. The summed E-state index contributed by atoms with van der Waals surface area (Å²) in [6.07, 6.45) is 3.02. The van der Waals surface area contributed by atoms with Crippen LogP contribution in [0.3, 0.4) is 0 Å². The topological polar surface area (TPSA) is 108 Å². The minimum atomic E-state index is -3.65. The number of hydrogen-bond donors (Lipinski definition) is 3. The van der Waals surface area contributed by atoms with Crippen LogP contribution in [0.1, 0.15) is 6.42 Å². The van der Waals surface area contributed by atoms with E-state index in [2.05, 4.69) is 15.0 Å². The lowest BCUT2D eigenvalue weighted by molar-refractivity contribution is -0.142. The minimum absolute atomic E-state index is 0.0763. The molecule has 1 aliphatic rings. The Hall–Kier alpha value is -1.51. The maximum absolute atomic E-state index is 12.1. The van der Waals surface area contributed by atoms with Crippen LogP contribution in [0.2, 0.25) is 0 Å². The van der Waals surface area contributed by atoms with Crippen LogP contribution >= 0.6 is 0 Å². The lowest BCUT2D eigenvalue weighted by Crippen LogP contribution is -2.50. The average Bonchev–Trinajstić information content (AvgIpc) is 2.39. The number of carboxylic acid groups (broad SMARTS) is 1. The highest BCUT2D eigenvalue weighted by atomic mass is 32.2. The van der Waals surface area contributed by atoms with Crippen molar-refractivity contribution in [1.82, 2.24) is 15.0 Å². The van der Waals surface area contributed by atoms with Gasteiger partial charge in [0.1, 0.15) is 4.90 Å². The fourth-order valence-corrected chi connectivity index (χ4v) is 3.23. The monoisotopic (exact) mass is 285 g/mol. The van der Waals surface area contributed by atoms with E-state index in [0.29, 0.717) is 13.1 Å². The predicted octanol–water partition coefficient (Wildman–Crippen LogP) is -0.577. The number of aromatic nitrogens is 1. The van der Waals surface area contributed by atoms with Gasteiger partial charge in [-0.1, -0.05) is 0 Å². The van der Waals surface area contributed by atoms with Gasteiger partial charge in [0.2, 0.25) is 10.0 Å². The summed E-state index contributed by atoms with van der Waals surface area (Å²) < 4.78 is 26.6. The zero-order valence-electron chi connectivity index (χ0n) is 10.1. The summed E-state index contributed by atoms with van der Waals surface area (Å²) in [5.41, 5.74) is 0. The third kappa shape index (κ3) is 3.49. The molecule has 0 spiro atoms. The summed E-state index contributed by atoms with van der Waals surface area (Å²) >= 11 is 0. The van der Waals surface area contributed by atoms with Gasteiger partial charge in [0.05, 0.1) is 5.92 Å².